The first-order valence-corrected chi connectivity index (χ1v) is 6.88. The second-order valence-electron chi connectivity index (χ2n) is 4.99. The number of carboxylic acid groups (broad SMARTS) is 1. The van der Waals surface area contributed by atoms with Crippen molar-refractivity contribution in [2.24, 2.45) is 5.92 Å². The normalized spacial score (nSPS) is 18.6. The molecule has 20 heavy (non-hydrogen) atoms. The minimum atomic E-state index is -0.852. The van der Waals surface area contributed by atoms with Gasteiger partial charge >= 0.3 is 12.1 Å². The summed E-state index contributed by atoms with van der Waals surface area (Å²) in [6.07, 6.45) is 1.77. The van der Waals surface area contributed by atoms with Crippen LogP contribution in [0, 0.1) is 5.92 Å². The van der Waals surface area contributed by atoms with Crippen LogP contribution in [-0.2, 0) is 11.2 Å². The van der Waals surface area contributed by atoms with Gasteiger partial charge in [0, 0.05) is 13.1 Å². The number of nitrogens with zero attached hydrogens (tertiary/aromatic N) is 1. The van der Waals surface area contributed by atoms with Crippen molar-refractivity contribution in [2.75, 3.05) is 13.1 Å². The molecule has 0 aromatic heterocycles. The molecule has 1 aromatic carbocycles. The smallest absolute Gasteiger partial charge is 0.415 e. The van der Waals surface area contributed by atoms with Gasteiger partial charge in [-0.25, -0.2) is 4.79 Å². The number of carboxylic acids is 1. The molecule has 1 aromatic rings. The number of rotatable bonds is 3. The number of aryl methyl sites for hydroxylation is 1. The van der Waals surface area contributed by atoms with E-state index in [4.69, 9.17) is 9.84 Å². The van der Waals surface area contributed by atoms with Crippen LogP contribution in [0.3, 0.4) is 0 Å². The molecule has 1 N–H and O–H groups in total. The molecule has 2 rings (SSSR count). The lowest BCUT2D eigenvalue weighted by Gasteiger charge is -2.29. The van der Waals surface area contributed by atoms with Gasteiger partial charge in [0.25, 0.3) is 0 Å². The number of amides is 1. The summed E-state index contributed by atoms with van der Waals surface area (Å²) < 4.78 is 5.28. The number of aliphatic carboxylic acids is 1. The highest BCUT2D eigenvalue weighted by atomic mass is 16.6. The van der Waals surface area contributed by atoms with Crippen LogP contribution in [0.1, 0.15) is 25.3 Å². The number of hydrogen-bond donors (Lipinski definition) is 1. The third-order valence-electron chi connectivity index (χ3n) is 3.57. The van der Waals surface area contributed by atoms with Gasteiger partial charge in [-0.2, -0.15) is 0 Å². The Morgan fingerprint density at radius 3 is 2.65 bits per heavy atom. The maximum absolute atomic E-state index is 12.0. The summed E-state index contributed by atoms with van der Waals surface area (Å²) in [5.74, 6) is -0.849. The van der Waals surface area contributed by atoms with Gasteiger partial charge in [0.15, 0.2) is 0 Å². The zero-order chi connectivity index (χ0) is 14.5. The summed E-state index contributed by atoms with van der Waals surface area (Å²) >= 11 is 0. The molecular formula is C15H19NO4. The predicted molar refractivity (Wildman–Crippen MR) is 73.8 cm³/mol. The van der Waals surface area contributed by atoms with E-state index >= 15 is 0 Å². The second kappa shape index (κ2) is 6.41. The lowest BCUT2D eigenvalue weighted by molar-refractivity contribution is -0.143. The first-order valence-electron chi connectivity index (χ1n) is 6.88. The molecule has 0 radical (unpaired) electrons. The minimum absolute atomic E-state index is 0.223. The standard InChI is InChI=1S/C15H19NO4/c1-2-11-5-7-13(8-6-11)20-15(19)16-9-3-4-12(10-16)14(17)18/h5-8,12H,2-4,9-10H2,1H3,(H,17,18). The predicted octanol–water partition coefficient (Wildman–Crippen LogP) is 2.54. The summed E-state index contributed by atoms with van der Waals surface area (Å²) in [5, 5.41) is 9.01. The van der Waals surface area contributed by atoms with Crippen molar-refractivity contribution in [1.82, 2.24) is 4.90 Å². The van der Waals surface area contributed by atoms with Crippen LogP contribution in [0.15, 0.2) is 24.3 Å². The van der Waals surface area contributed by atoms with Crippen molar-refractivity contribution in [3.8, 4) is 5.75 Å². The van der Waals surface area contributed by atoms with E-state index in [9.17, 15) is 9.59 Å². The quantitative estimate of drug-likeness (QED) is 0.922. The van der Waals surface area contributed by atoms with Crippen LogP contribution >= 0.6 is 0 Å². The van der Waals surface area contributed by atoms with Gasteiger partial charge in [0.1, 0.15) is 5.75 Å². The maximum Gasteiger partial charge on any atom is 0.415 e. The van der Waals surface area contributed by atoms with Crippen LogP contribution < -0.4 is 4.74 Å². The molecule has 0 aliphatic carbocycles. The van der Waals surface area contributed by atoms with Crippen molar-refractivity contribution in [3.63, 3.8) is 0 Å². The summed E-state index contributed by atoms with van der Waals surface area (Å²) in [6, 6.07) is 7.35. The number of carbonyl (C=O) groups is 2. The Morgan fingerprint density at radius 1 is 1.35 bits per heavy atom. The molecule has 5 heteroatoms. The van der Waals surface area contributed by atoms with Crippen molar-refractivity contribution in [2.45, 2.75) is 26.2 Å². The Morgan fingerprint density at radius 2 is 2.05 bits per heavy atom. The van der Waals surface area contributed by atoms with Gasteiger partial charge in [0.2, 0.25) is 0 Å². The summed E-state index contributed by atoms with van der Waals surface area (Å²) in [7, 11) is 0. The monoisotopic (exact) mass is 277 g/mol. The number of hydrogen-bond acceptors (Lipinski definition) is 3. The number of ether oxygens (including phenoxy) is 1. The van der Waals surface area contributed by atoms with Crippen LogP contribution in [-0.4, -0.2) is 35.2 Å². The Hall–Kier alpha value is -2.04. The van der Waals surface area contributed by atoms with Crippen molar-refractivity contribution in [3.05, 3.63) is 29.8 Å². The number of piperidine rings is 1. The largest absolute Gasteiger partial charge is 0.481 e. The molecule has 108 valence electrons. The van der Waals surface area contributed by atoms with Crippen LogP contribution in [0.25, 0.3) is 0 Å². The highest BCUT2D eigenvalue weighted by Gasteiger charge is 2.29. The number of likely N-dealkylation sites (tertiary alicyclic amines) is 1. The molecule has 5 nitrogen and oxygen atoms in total. The topological polar surface area (TPSA) is 66.8 Å². The molecule has 0 saturated carbocycles. The third-order valence-corrected chi connectivity index (χ3v) is 3.57. The first-order chi connectivity index (χ1) is 9.60. The third kappa shape index (κ3) is 3.50. The van der Waals surface area contributed by atoms with Crippen molar-refractivity contribution in [1.29, 1.82) is 0 Å². The minimum Gasteiger partial charge on any atom is -0.481 e. The molecule has 1 amide bonds. The Balaban J connectivity index is 1.95. The number of carbonyl (C=O) groups excluding carboxylic acids is 1. The van der Waals surface area contributed by atoms with E-state index < -0.39 is 18.0 Å². The molecule has 0 bridgehead atoms. The maximum atomic E-state index is 12.0. The SMILES string of the molecule is CCc1ccc(OC(=O)N2CCCC(C(=O)O)C2)cc1. The van der Waals surface area contributed by atoms with E-state index in [-0.39, 0.29) is 6.54 Å². The summed E-state index contributed by atoms with van der Waals surface area (Å²) in [4.78, 5) is 24.4. The van der Waals surface area contributed by atoms with Crippen molar-refractivity contribution >= 4 is 12.1 Å². The number of benzene rings is 1. The van der Waals surface area contributed by atoms with Gasteiger partial charge in [-0.3, -0.25) is 4.79 Å². The second-order valence-corrected chi connectivity index (χ2v) is 4.99. The van der Waals surface area contributed by atoms with Crippen LogP contribution in [0.2, 0.25) is 0 Å². The van der Waals surface area contributed by atoms with Crippen LogP contribution in [0.4, 0.5) is 4.79 Å². The molecule has 1 saturated heterocycles. The van der Waals surface area contributed by atoms with E-state index in [0.717, 1.165) is 6.42 Å². The van der Waals surface area contributed by atoms with E-state index in [1.807, 2.05) is 12.1 Å². The van der Waals surface area contributed by atoms with Crippen LogP contribution in [0.5, 0.6) is 5.75 Å². The van der Waals surface area contributed by atoms with Crippen molar-refractivity contribution < 1.29 is 19.4 Å². The Labute approximate surface area is 118 Å². The van der Waals surface area contributed by atoms with Gasteiger partial charge in [0.05, 0.1) is 5.92 Å². The van der Waals surface area contributed by atoms with E-state index in [1.54, 1.807) is 12.1 Å². The molecule has 1 aliphatic rings. The molecule has 1 aliphatic heterocycles. The molecule has 0 spiro atoms. The van der Waals surface area contributed by atoms with Gasteiger partial charge in [-0.15, -0.1) is 0 Å². The lowest BCUT2D eigenvalue weighted by Crippen LogP contribution is -2.43. The lowest BCUT2D eigenvalue weighted by atomic mass is 9.99. The molecule has 1 unspecified atom stereocenters. The molecule has 1 fully saturated rings. The zero-order valence-corrected chi connectivity index (χ0v) is 11.5. The first kappa shape index (κ1) is 14.4. The molecule has 1 atom stereocenters. The highest BCUT2D eigenvalue weighted by Crippen LogP contribution is 2.19. The van der Waals surface area contributed by atoms with Gasteiger partial charge < -0.3 is 14.7 Å². The molecule has 1 heterocycles. The fraction of sp³-hybridized carbons (Fsp3) is 0.467. The average molecular weight is 277 g/mol. The Kier molecular flexibility index (Phi) is 4.61. The van der Waals surface area contributed by atoms with E-state index in [0.29, 0.717) is 25.1 Å². The Bertz CT molecular complexity index is 483. The fourth-order valence-electron chi connectivity index (χ4n) is 2.30. The average Bonchev–Trinajstić information content (AvgIpc) is 2.48. The zero-order valence-electron chi connectivity index (χ0n) is 11.5. The van der Waals surface area contributed by atoms with E-state index in [2.05, 4.69) is 6.92 Å². The van der Waals surface area contributed by atoms with E-state index in [1.165, 1.54) is 10.5 Å². The fourth-order valence-corrected chi connectivity index (χ4v) is 2.30. The van der Waals surface area contributed by atoms with Gasteiger partial charge in [-0.1, -0.05) is 19.1 Å². The van der Waals surface area contributed by atoms with Gasteiger partial charge in [-0.05, 0) is 37.0 Å². The summed E-state index contributed by atoms with van der Waals surface area (Å²) in [6.45, 7) is 2.83. The highest BCUT2D eigenvalue weighted by molar-refractivity contribution is 5.74. The summed E-state index contributed by atoms with van der Waals surface area (Å²) in [5.41, 5.74) is 1.17. The molecular weight excluding hydrogens is 258 g/mol.